The van der Waals surface area contributed by atoms with Gasteiger partial charge < -0.3 is 10.3 Å². The van der Waals surface area contributed by atoms with Gasteiger partial charge in [-0.3, -0.25) is 4.79 Å². The van der Waals surface area contributed by atoms with Crippen LogP contribution in [0.2, 0.25) is 0 Å². The third kappa shape index (κ3) is 4.70. The Labute approximate surface area is 155 Å². The summed E-state index contributed by atoms with van der Waals surface area (Å²) in [6.07, 6.45) is 1.78. The lowest BCUT2D eigenvalue weighted by molar-refractivity contribution is -0.113. The van der Waals surface area contributed by atoms with Crippen LogP contribution in [0.4, 0.5) is 5.13 Å². The molecule has 1 amide bonds. The normalized spacial score (nSPS) is 11.5. The summed E-state index contributed by atoms with van der Waals surface area (Å²) in [6.45, 7) is 6.31. The van der Waals surface area contributed by atoms with Gasteiger partial charge in [0.25, 0.3) is 0 Å². The van der Waals surface area contributed by atoms with E-state index in [9.17, 15) is 4.79 Å². The number of carbonyl (C=O) groups excluding carboxylic acids is 1. The molecule has 25 heavy (non-hydrogen) atoms. The molecule has 2 heterocycles. The molecule has 130 valence electrons. The molecule has 0 aliphatic carbocycles. The number of nitrogens with zero attached hydrogens (tertiary/aromatic N) is 2. The van der Waals surface area contributed by atoms with Crippen LogP contribution in [-0.4, -0.2) is 26.6 Å². The highest BCUT2D eigenvalue weighted by Crippen LogP contribution is 2.26. The first-order chi connectivity index (χ1) is 11.9. The maximum atomic E-state index is 12.1. The van der Waals surface area contributed by atoms with Gasteiger partial charge in [0.2, 0.25) is 5.91 Å². The van der Waals surface area contributed by atoms with Gasteiger partial charge in [-0.1, -0.05) is 62.9 Å². The molecule has 0 fully saturated rings. The number of nitrogens with one attached hydrogen (secondary N) is 2. The molecule has 0 unspecified atom stereocenters. The number of hydrogen-bond acceptors (Lipinski definition) is 5. The predicted molar refractivity (Wildman–Crippen MR) is 104 cm³/mol. The van der Waals surface area contributed by atoms with Gasteiger partial charge in [-0.15, -0.1) is 11.3 Å². The summed E-state index contributed by atoms with van der Waals surface area (Å²) in [5.74, 6) is 0.198. The van der Waals surface area contributed by atoms with E-state index >= 15 is 0 Å². The summed E-state index contributed by atoms with van der Waals surface area (Å²) < 4.78 is 0. The number of anilines is 1. The molecular formula is C18H20N4OS2. The SMILES string of the molecule is CC(C)(C)c1csc(NC(=O)CSc2ncc(-c3ccccc3)[nH]2)n1. The molecule has 0 spiro atoms. The standard InChI is InChI=1S/C18H20N4OS2/c1-18(2,3)14-10-24-17(21-14)22-15(23)11-25-16-19-9-13(20-16)12-7-5-4-6-8-12/h4-10H,11H2,1-3H3,(H,19,20)(H,21,22,23). The second kappa shape index (κ2) is 7.41. The minimum absolute atomic E-state index is 0.0176. The number of aromatic nitrogens is 3. The van der Waals surface area contributed by atoms with Crippen molar-refractivity contribution < 1.29 is 4.79 Å². The first kappa shape index (κ1) is 17.7. The highest BCUT2D eigenvalue weighted by molar-refractivity contribution is 7.99. The third-order valence-corrected chi connectivity index (χ3v) is 5.14. The van der Waals surface area contributed by atoms with E-state index in [0.717, 1.165) is 22.1 Å². The fourth-order valence-corrected chi connectivity index (χ4v) is 3.71. The Kier molecular flexibility index (Phi) is 5.24. The lowest BCUT2D eigenvalue weighted by Crippen LogP contribution is -2.15. The van der Waals surface area contributed by atoms with E-state index in [1.54, 1.807) is 6.20 Å². The van der Waals surface area contributed by atoms with Crippen molar-refractivity contribution in [3.8, 4) is 11.3 Å². The lowest BCUT2D eigenvalue weighted by atomic mass is 9.93. The predicted octanol–water partition coefficient (Wildman–Crippen LogP) is 4.56. The Hall–Kier alpha value is -2.12. The monoisotopic (exact) mass is 372 g/mol. The molecule has 0 radical (unpaired) electrons. The summed E-state index contributed by atoms with van der Waals surface area (Å²) in [5, 5.41) is 6.20. The van der Waals surface area contributed by atoms with Crippen LogP contribution in [0, 0.1) is 0 Å². The minimum Gasteiger partial charge on any atom is -0.333 e. The quantitative estimate of drug-likeness (QED) is 0.644. The van der Waals surface area contributed by atoms with Crippen molar-refractivity contribution in [2.24, 2.45) is 0 Å². The van der Waals surface area contributed by atoms with Gasteiger partial charge in [0.15, 0.2) is 10.3 Å². The van der Waals surface area contributed by atoms with Gasteiger partial charge in [-0.2, -0.15) is 0 Å². The van der Waals surface area contributed by atoms with E-state index < -0.39 is 0 Å². The summed E-state index contributed by atoms with van der Waals surface area (Å²) in [5.41, 5.74) is 2.98. The molecule has 0 aliphatic rings. The van der Waals surface area contributed by atoms with Gasteiger partial charge in [-0.25, -0.2) is 9.97 Å². The molecule has 3 aromatic rings. The second-order valence-electron chi connectivity index (χ2n) is 6.59. The average molecular weight is 373 g/mol. The number of H-pyrrole nitrogens is 1. The molecule has 7 heteroatoms. The number of carbonyl (C=O) groups is 1. The van der Waals surface area contributed by atoms with Crippen molar-refractivity contribution in [3.63, 3.8) is 0 Å². The van der Waals surface area contributed by atoms with Crippen LogP contribution in [0.5, 0.6) is 0 Å². The molecule has 3 rings (SSSR count). The Morgan fingerprint density at radius 1 is 1.28 bits per heavy atom. The molecular weight excluding hydrogens is 352 g/mol. The molecule has 2 N–H and O–H groups in total. The summed E-state index contributed by atoms with van der Waals surface area (Å²) in [4.78, 5) is 24.1. The van der Waals surface area contributed by atoms with Gasteiger partial charge in [-0.05, 0) is 5.56 Å². The average Bonchev–Trinajstić information content (AvgIpc) is 3.23. The highest BCUT2D eigenvalue weighted by Gasteiger charge is 2.18. The largest absolute Gasteiger partial charge is 0.333 e. The molecule has 0 atom stereocenters. The number of imidazole rings is 1. The Morgan fingerprint density at radius 2 is 2.04 bits per heavy atom. The number of hydrogen-bond donors (Lipinski definition) is 2. The minimum atomic E-state index is -0.0857. The van der Waals surface area contributed by atoms with Gasteiger partial charge >= 0.3 is 0 Å². The van der Waals surface area contributed by atoms with Crippen molar-refractivity contribution in [3.05, 3.63) is 47.6 Å². The van der Waals surface area contributed by atoms with Crippen molar-refractivity contribution >= 4 is 34.1 Å². The zero-order chi connectivity index (χ0) is 17.9. The van der Waals surface area contributed by atoms with E-state index in [2.05, 4.69) is 41.0 Å². The molecule has 0 bridgehead atoms. The van der Waals surface area contributed by atoms with Gasteiger partial charge in [0.05, 0.1) is 23.3 Å². The third-order valence-electron chi connectivity index (χ3n) is 3.50. The van der Waals surface area contributed by atoms with Crippen LogP contribution >= 0.6 is 23.1 Å². The van der Waals surface area contributed by atoms with Crippen LogP contribution in [0.3, 0.4) is 0 Å². The summed E-state index contributed by atoms with van der Waals surface area (Å²) >= 11 is 2.83. The van der Waals surface area contributed by atoms with Crippen LogP contribution in [0.15, 0.2) is 47.1 Å². The molecule has 2 aromatic heterocycles. The Balaban J connectivity index is 1.54. The van der Waals surface area contributed by atoms with E-state index in [-0.39, 0.29) is 17.1 Å². The fraction of sp³-hybridized carbons (Fsp3) is 0.278. The number of rotatable bonds is 5. The number of thiazole rings is 1. The van der Waals surface area contributed by atoms with Crippen LogP contribution in [0.25, 0.3) is 11.3 Å². The first-order valence-corrected chi connectivity index (χ1v) is 9.77. The van der Waals surface area contributed by atoms with E-state index in [0.29, 0.717) is 5.13 Å². The number of benzene rings is 1. The van der Waals surface area contributed by atoms with Crippen molar-refractivity contribution in [1.29, 1.82) is 0 Å². The van der Waals surface area contributed by atoms with Crippen LogP contribution < -0.4 is 5.32 Å². The maximum absolute atomic E-state index is 12.1. The van der Waals surface area contributed by atoms with Crippen molar-refractivity contribution in [2.45, 2.75) is 31.3 Å². The lowest BCUT2D eigenvalue weighted by Gasteiger charge is -2.14. The van der Waals surface area contributed by atoms with Crippen molar-refractivity contribution in [2.75, 3.05) is 11.1 Å². The van der Waals surface area contributed by atoms with Gasteiger partial charge in [0.1, 0.15) is 0 Å². The smallest absolute Gasteiger partial charge is 0.236 e. The van der Waals surface area contributed by atoms with E-state index in [1.807, 2.05) is 35.7 Å². The molecule has 1 aromatic carbocycles. The maximum Gasteiger partial charge on any atom is 0.236 e. The zero-order valence-corrected chi connectivity index (χ0v) is 16.0. The van der Waals surface area contributed by atoms with E-state index in [4.69, 9.17) is 0 Å². The Bertz CT molecular complexity index is 849. The zero-order valence-electron chi connectivity index (χ0n) is 14.4. The number of amides is 1. The molecule has 0 saturated heterocycles. The first-order valence-electron chi connectivity index (χ1n) is 7.91. The second-order valence-corrected chi connectivity index (χ2v) is 8.41. The van der Waals surface area contributed by atoms with Crippen LogP contribution in [0.1, 0.15) is 26.5 Å². The topological polar surface area (TPSA) is 70.7 Å². The van der Waals surface area contributed by atoms with Gasteiger partial charge in [0, 0.05) is 10.8 Å². The molecule has 0 aliphatic heterocycles. The summed E-state index contributed by atoms with van der Waals surface area (Å²) in [6, 6.07) is 9.98. The molecule has 0 saturated carbocycles. The molecule has 5 nitrogen and oxygen atoms in total. The highest BCUT2D eigenvalue weighted by atomic mass is 32.2. The number of thioether (sulfide) groups is 1. The Morgan fingerprint density at radius 3 is 2.72 bits per heavy atom. The van der Waals surface area contributed by atoms with E-state index in [1.165, 1.54) is 23.1 Å². The fourth-order valence-electron chi connectivity index (χ4n) is 2.11. The van der Waals surface area contributed by atoms with Crippen LogP contribution in [-0.2, 0) is 10.2 Å². The summed E-state index contributed by atoms with van der Waals surface area (Å²) in [7, 11) is 0. The number of aromatic amines is 1. The van der Waals surface area contributed by atoms with Crippen molar-refractivity contribution in [1.82, 2.24) is 15.0 Å².